The summed E-state index contributed by atoms with van der Waals surface area (Å²) in [6.07, 6.45) is 0.426. The van der Waals surface area contributed by atoms with E-state index in [1.807, 2.05) is 60.7 Å². The summed E-state index contributed by atoms with van der Waals surface area (Å²) in [4.78, 5) is 46.6. The number of benzene rings is 3. The zero-order chi connectivity index (χ0) is 26.4. The van der Waals surface area contributed by atoms with Gasteiger partial charge in [0.25, 0.3) is 0 Å². The van der Waals surface area contributed by atoms with Gasteiger partial charge in [-0.05, 0) is 47.0 Å². The zero-order valence-electron chi connectivity index (χ0n) is 21.1. The smallest absolute Gasteiger partial charge is 0.337 e. The maximum absolute atomic E-state index is 13.9. The van der Waals surface area contributed by atoms with Crippen molar-refractivity contribution >= 4 is 28.7 Å². The van der Waals surface area contributed by atoms with Crippen molar-refractivity contribution < 1.29 is 23.9 Å². The van der Waals surface area contributed by atoms with Crippen LogP contribution in [0.25, 0.3) is 10.9 Å². The number of piperazine rings is 1. The Morgan fingerprint density at radius 2 is 1.79 bits per heavy atom. The largest absolute Gasteiger partial charge is 0.497 e. The molecule has 1 fully saturated rings. The van der Waals surface area contributed by atoms with Crippen molar-refractivity contribution in [1.82, 2.24) is 14.8 Å². The fourth-order valence-corrected chi connectivity index (χ4v) is 5.71. The summed E-state index contributed by atoms with van der Waals surface area (Å²) in [6.45, 7) is 0.310. The highest BCUT2D eigenvalue weighted by Crippen LogP contribution is 2.42. The van der Waals surface area contributed by atoms with E-state index in [4.69, 9.17) is 9.47 Å². The van der Waals surface area contributed by atoms with Crippen LogP contribution in [0.3, 0.4) is 0 Å². The molecule has 2 aliphatic heterocycles. The lowest BCUT2D eigenvalue weighted by atomic mass is 9.86. The number of amides is 2. The first-order valence-corrected chi connectivity index (χ1v) is 12.5. The van der Waals surface area contributed by atoms with Crippen LogP contribution in [0.5, 0.6) is 5.75 Å². The second kappa shape index (κ2) is 9.37. The van der Waals surface area contributed by atoms with Crippen molar-refractivity contribution in [3.63, 3.8) is 0 Å². The zero-order valence-corrected chi connectivity index (χ0v) is 21.1. The first-order valence-electron chi connectivity index (χ1n) is 12.5. The van der Waals surface area contributed by atoms with Crippen molar-refractivity contribution in [2.75, 3.05) is 20.8 Å². The van der Waals surface area contributed by atoms with Crippen LogP contribution in [-0.2, 0) is 27.3 Å². The number of carbonyl (C=O) groups is 3. The molecule has 1 N–H and O–H groups in total. The Bertz CT molecular complexity index is 1560. The first-order chi connectivity index (χ1) is 18.5. The fourth-order valence-electron chi connectivity index (χ4n) is 5.71. The second-order valence-corrected chi connectivity index (χ2v) is 9.65. The van der Waals surface area contributed by atoms with Gasteiger partial charge in [0, 0.05) is 29.6 Å². The molecule has 8 nitrogen and oxygen atoms in total. The van der Waals surface area contributed by atoms with Gasteiger partial charge in [0.1, 0.15) is 18.3 Å². The van der Waals surface area contributed by atoms with E-state index in [2.05, 4.69) is 4.98 Å². The van der Waals surface area contributed by atoms with E-state index in [1.165, 1.54) is 7.11 Å². The van der Waals surface area contributed by atoms with Crippen LogP contribution in [0.4, 0.5) is 0 Å². The quantitative estimate of drug-likeness (QED) is 0.413. The molecule has 2 aliphatic rings. The van der Waals surface area contributed by atoms with Gasteiger partial charge in [-0.15, -0.1) is 0 Å². The van der Waals surface area contributed by atoms with Gasteiger partial charge in [-0.3, -0.25) is 9.59 Å². The minimum absolute atomic E-state index is 0.0150. The summed E-state index contributed by atoms with van der Waals surface area (Å²) in [7, 11) is 2.94. The highest BCUT2D eigenvalue weighted by atomic mass is 16.5. The molecule has 2 unspecified atom stereocenters. The number of hydrogen-bond donors (Lipinski definition) is 1. The summed E-state index contributed by atoms with van der Waals surface area (Å²) in [5.74, 6) is 0.0710. The van der Waals surface area contributed by atoms with Crippen LogP contribution in [0.2, 0.25) is 0 Å². The van der Waals surface area contributed by atoms with Gasteiger partial charge in [0.05, 0.1) is 25.8 Å². The van der Waals surface area contributed by atoms with Gasteiger partial charge in [-0.1, -0.05) is 42.5 Å². The van der Waals surface area contributed by atoms with Crippen molar-refractivity contribution in [2.45, 2.75) is 25.0 Å². The summed E-state index contributed by atoms with van der Waals surface area (Å²) in [5, 5.41) is 1.04. The van der Waals surface area contributed by atoms with E-state index in [0.717, 1.165) is 33.3 Å². The van der Waals surface area contributed by atoms with Crippen molar-refractivity contribution in [3.8, 4) is 5.75 Å². The third-order valence-corrected chi connectivity index (χ3v) is 7.50. The monoisotopic (exact) mass is 509 g/mol. The summed E-state index contributed by atoms with van der Waals surface area (Å²) < 4.78 is 10.2. The van der Waals surface area contributed by atoms with Gasteiger partial charge in [-0.2, -0.15) is 0 Å². The number of aromatic amines is 1. The normalized spacial score (nSPS) is 18.8. The van der Waals surface area contributed by atoms with Crippen LogP contribution >= 0.6 is 0 Å². The number of carbonyl (C=O) groups excluding carboxylic acids is 3. The molecule has 2 amide bonds. The predicted molar refractivity (Wildman–Crippen MR) is 141 cm³/mol. The Kier molecular flexibility index (Phi) is 5.87. The Labute approximate surface area is 219 Å². The van der Waals surface area contributed by atoms with E-state index in [1.54, 1.807) is 29.0 Å². The van der Waals surface area contributed by atoms with Gasteiger partial charge in [0.15, 0.2) is 0 Å². The Hall–Kier alpha value is -4.59. The van der Waals surface area contributed by atoms with Crippen LogP contribution in [0.15, 0.2) is 72.8 Å². The number of nitrogens with zero attached hydrogens (tertiary/aromatic N) is 2. The van der Waals surface area contributed by atoms with Crippen molar-refractivity contribution in [1.29, 1.82) is 0 Å². The number of para-hydroxylation sites is 1. The van der Waals surface area contributed by atoms with Gasteiger partial charge in [-0.25, -0.2) is 4.79 Å². The molecular formula is C30H27N3O5. The number of aromatic nitrogens is 1. The highest BCUT2D eigenvalue weighted by molar-refractivity contribution is 5.97. The SMILES string of the molecule is COC(=O)c1ccc(C2c3[nH]c4ccccc4c3CC3C(=O)N(Cc4cccc(OC)c4)CC(=O)N32)cc1. The number of methoxy groups -OCH3 is 2. The predicted octanol–water partition coefficient (Wildman–Crippen LogP) is 3.85. The summed E-state index contributed by atoms with van der Waals surface area (Å²) >= 11 is 0. The maximum Gasteiger partial charge on any atom is 0.337 e. The molecule has 0 saturated carbocycles. The first kappa shape index (κ1) is 23.8. The number of fused-ring (bicyclic) bond motifs is 4. The van der Waals surface area contributed by atoms with E-state index in [9.17, 15) is 14.4 Å². The number of hydrogen-bond acceptors (Lipinski definition) is 5. The molecule has 0 aliphatic carbocycles. The molecule has 1 saturated heterocycles. The Morgan fingerprint density at radius 1 is 1.00 bits per heavy atom. The van der Waals surface area contributed by atoms with Crippen LogP contribution < -0.4 is 4.74 Å². The number of H-pyrrole nitrogens is 1. The average molecular weight is 510 g/mol. The van der Waals surface area contributed by atoms with Gasteiger partial charge >= 0.3 is 5.97 Å². The summed E-state index contributed by atoms with van der Waals surface area (Å²) in [5.41, 5.74) is 5.03. The van der Waals surface area contributed by atoms with Crippen LogP contribution in [-0.4, -0.2) is 59.4 Å². The summed E-state index contributed by atoms with van der Waals surface area (Å²) in [6, 6.07) is 21.4. The molecule has 0 radical (unpaired) electrons. The molecule has 8 heteroatoms. The van der Waals surface area contributed by atoms with Crippen LogP contribution in [0.1, 0.15) is 38.8 Å². The lowest BCUT2D eigenvalue weighted by Crippen LogP contribution is -2.62. The molecule has 192 valence electrons. The minimum Gasteiger partial charge on any atom is -0.497 e. The number of nitrogens with one attached hydrogen (secondary N) is 1. The fraction of sp³-hybridized carbons (Fsp3) is 0.233. The second-order valence-electron chi connectivity index (χ2n) is 9.65. The third kappa shape index (κ3) is 3.89. The molecule has 3 heterocycles. The standard InChI is InChI=1S/C30H27N3O5/c1-37-21-7-5-6-18(14-21)16-32-17-26(34)33-25(29(32)35)15-23-22-8-3-4-9-24(22)31-27(23)28(33)19-10-12-20(13-11-19)30(36)38-2/h3-14,25,28,31H,15-17H2,1-2H3. The lowest BCUT2D eigenvalue weighted by Gasteiger charge is -2.47. The van der Waals surface area contributed by atoms with Crippen LogP contribution in [0, 0.1) is 0 Å². The molecule has 2 atom stereocenters. The third-order valence-electron chi connectivity index (χ3n) is 7.50. The highest BCUT2D eigenvalue weighted by Gasteiger charge is 2.48. The number of esters is 1. The van der Waals surface area contributed by atoms with E-state index in [-0.39, 0.29) is 18.4 Å². The average Bonchev–Trinajstić information content (AvgIpc) is 3.33. The van der Waals surface area contributed by atoms with Gasteiger partial charge in [0.2, 0.25) is 11.8 Å². The maximum atomic E-state index is 13.9. The Morgan fingerprint density at radius 3 is 2.55 bits per heavy atom. The molecule has 38 heavy (non-hydrogen) atoms. The Balaban J connectivity index is 1.42. The van der Waals surface area contributed by atoms with Crippen molar-refractivity contribution in [3.05, 3.63) is 101 Å². The number of rotatable bonds is 5. The molecule has 0 bridgehead atoms. The van der Waals surface area contributed by atoms with Crippen molar-refractivity contribution in [2.24, 2.45) is 0 Å². The molecule has 6 rings (SSSR count). The molecule has 3 aromatic carbocycles. The lowest BCUT2D eigenvalue weighted by molar-refractivity contribution is -0.159. The molecule has 4 aromatic rings. The molecular weight excluding hydrogens is 482 g/mol. The van der Waals surface area contributed by atoms with E-state index >= 15 is 0 Å². The number of ether oxygens (including phenoxy) is 2. The minimum atomic E-state index is -0.640. The van der Waals surface area contributed by atoms with Gasteiger partial charge < -0.3 is 24.3 Å². The topological polar surface area (TPSA) is 91.9 Å². The molecule has 0 spiro atoms. The molecule has 1 aromatic heterocycles. The van der Waals surface area contributed by atoms with E-state index < -0.39 is 18.1 Å². The van der Waals surface area contributed by atoms with E-state index in [0.29, 0.717) is 24.3 Å².